The van der Waals surface area contributed by atoms with Gasteiger partial charge in [-0.3, -0.25) is 9.48 Å². The van der Waals surface area contributed by atoms with Crippen LogP contribution in [0.2, 0.25) is 0 Å². The van der Waals surface area contributed by atoms with Gasteiger partial charge in [0.15, 0.2) is 5.75 Å². The highest BCUT2D eigenvalue weighted by Crippen LogP contribution is 2.08. The second kappa shape index (κ2) is 6.06. The van der Waals surface area contributed by atoms with Crippen molar-refractivity contribution < 1.29 is 14.6 Å². The average molecular weight is 212 g/mol. The molecule has 0 saturated heterocycles. The molecule has 0 aliphatic rings. The molecule has 0 aliphatic carbocycles. The smallest absolute Gasteiger partial charge is 0.303 e. The third-order valence-corrected chi connectivity index (χ3v) is 1.98. The summed E-state index contributed by atoms with van der Waals surface area (Å²) in [5.41, 5.74) is 0. The largest absolute Gasteiger partial charge is 0.490 e. The van der Waals surface area contributed by atoms with Crippen molar-refractivity contribution in [1.29, 1.82) is 0 Å². The number of hydrogen-bond acceptors (Lipinski definition) is 3. The van der Waals surface area contributed by atoms with Crippen LogP contribution in [-0.4, -0.2) is 27.5 Å². The van der Waals surface area contributed by atoms with Gasteiger partial charge in [-0.05, 0) is 19.3 Å². The van der Waals surface area contributed by atoms with Gasteiger partial charge in [0, 0.05) is 13.5 Å². The molecular weight excluding hydrogens is 196 g/mol. The van der Waals surface area contributed by atoms with Crippen LogP contribution in [0.1, 0.15) is 25.7 Å². The first-order chi connectivity index (χ1) is 7.18. The zero-order valence-electron chi connectivity index (χ0n) is 8.85. The van der Waals surface area contributed by atoms with Crippen molar-refractivity contribution >= 4 is 5.97 Å². The normalized spacial score (nSPS) is 10.2. The molecule has 0 amide bonds. The van der Waals surface area contributed by atoms with Crippen molar-refractivity contribution in [2.24, 2.45) is 7.05 Å². The summed E-state index contributed by atoms with van der Waals surface area (Å²) in [7, 11) is 1.83. The minimum atomic E-state index is -0.733. The standard InChI is InChI=1S/C10H16N2O3/c1-12-8-9(7-11-12)15-6-4-2-3-5-10(13)14/h7-8H,2-6H2,1H3,(H,13,14). The molecule has 0 aliphatic heterocycles. The molecule has 1 aromatic heterocycles. The van der Waals surface area contributed by atoms with E-state index in [0.29, 0.717) is 13.0 Å². The lowest BCUT2D eigenvalue weighted by molar-refractivity contribution is -0.137. The molecule has 0 fully saturated rings. The zero-order chi connectivity index (χ0) is 11.1. The zero-order valence-corrected chi connectivity index (χ0v) is 8.85. The first-order valence-electron chi connectivity index (χ1n) is 5.02. The Hall–Kier alpha value is -1.52. The van der Waals surface area contributed by atoms with Crippen molar-refractivity contribution in [1.82, 2.24) is 9.78 Å². The number of unbranched alkanes of at least 4 members (excludes halogenated alkanes) is 2. The molecule has 1 heterocycles. The van der Waals surface area contributed by atoms with E-state index in [0.717, 1.165) is 18.6 Å². The first kappa shape index (κ1) is 11.6. The van der Waals surface area contributed by atoms with Crippen molar-refractivity contribution in [3.05, 3.63) is 12.4 Å². The van der Waals surface area contributed by atoms with Gasteiger partial charge < -0.3 is 9.84 Å². The highest BCUT2D eigenvalue weighted by atomic mass is 16.5. The van der Waals surface area contributed by atoms with Crippen LogP contribution in [0.25, 0.3) is 0 Å². The Morgan fingerprint density at radius 2 is 2.33 bits per heavy atom. The summed E-state index contributed by atoms with van der Waals surface area (Å²) in [6.45, 7) is 0.616. The topological polar surface area (TPSA) is 64.3 Å². The van der Waals surface area contributed by atoms with Crippen LogP contribution < -0.4 is 4.74 Å². The Bertz CT molecular complexity index is 309. The number of carbonyl (C=O) groups is 1. The molecule has 0 bridgehead atoms. The van der Waals surface area contributed by atoms with E-state index in [2.05, 4.69) is 5.10 Å². The molecule has 84 valence electrons. The van der Waals surface area contributed by atoms with E-state index >= 15 is 0 Å². The van der Waals surface area contributed by atoms with Gasteiger partial charge >= 0.3 is 5.97 Å². The molecule has 0 unspecified atom stereocenters. The summed E-state index contributed by atoms with van der Waals surface area (Å²) in [5.74, 6) is 0.0268. The van der Waals surface area contributed by atoms with E-state index in [4.69, 9.17) is 9.84 Å². The van der Waals surface area contributed by atoms with Crippen LogP contribution >= 0.6 is 0 Å². The number of aromatic nitrogens is 2. The van der Waals surface area contributed by atoms with E-state index in [1.807, 2.05) is 7.05 Å². The van der Waals surface area contributed by atoms with Gasteiger partial charge in [-0.1, -0.05) is 0 Å². The molecule has 1 rings (SSSR count). The summed E-state index contributed by atoms with van der Waals surface area (Å²) in [5, 5.41) is 12.4. The van der Waals surface area contributed by atoms with Gasteiger partial charge in [-0.2, -0.15) is 5.10 Å². The second-order valence-electron chi connectivity index (χ2n) is 3.40. The summed E-state index contributed by atoms with van der Waals surface area (Å²) in [6.07, 6.45) is 6.18. The van der Waals surface area contributed by atoms with Crippen molar-refractivity contribution in [2.45, 2.75) is 25.7 Å². The SMILES string of the molecule is Cn1cc(OCCCCCC(=O)O)cn1. The molecule has 5 nitrogen and oxygen atoms in total. The number of aryl methyl sites for hydroxylation is 1. The molecule has 1 N–H and O–H groups in total. The highest BCUT2D eigenvalue weighted by molar-refractivity contribution is 5.66. The average Bonchev–Trinajstić information content (AvgIpc) is 2.57. The predicted octanol–water partition coefficient (Wildman–Crippen LogP) is 1.44. The number of aliphatic carboxylic acids is 1. The van der Waals surface area contributed by atoms with Crippen LogP contribution in [0.5, 0.6) is 5.75 Å². The molecule has 5 heteroatoms. The Morgan fingerprint density at radius 1 is 1.53 bits per heavy atom. The number of rotatable bonds is 7. The molecular formula is C10H16N2O3. The third kappa shape index (κ3) is 5.05. The summed E-state index contributed by atoms with van der Waals surface area (Å²) < 4.78 is 7.08. The quantitative estimate of drug-likeness (QED) is 0.695. The third-order valence-electron chi connectivity index (χ3n) is 1.98. The minimum absolute atomic E-state index is 0.243. The highest BCUT2D eigenvalue weighted by Gasteiger charge is 1.98. The fraction of sp³-hybridized carbons (Fsp3) is 0.600. The maximum atomic E-state index is 10.2. The summed E-state index contributed by atoms with van der Waals surface area (Å²) in [6, 6.07) is 0. The number of carboxylic acids is 1. The summed E-state index contributed by atoms with van der Waals surface area (Å²) >= 11 is 0. The van der Waals surface area contributed by atoms with Crippen LogP contribution in [-0.2, 0) is 11.8 Å². The molecule has 0 spiro atoms. The summed E-state index contributed by atoms with van der Waals surface area (Å²) in [4.78, 5) is 10.2. The maximum absolute atomic E-state index is 10.2. The number of ether oxygens (including phenoxy) is 1. The van der Waals surface area contributed by atoms with E-state index in [-0.39, 0.29) is 6.42 Å². The number of carboxylic acid groups (broad SMARTS) is 1. The molecule has 15 heavy (non-hydrogen) atoms. The van der Waals surface area contributed by atoms with E-state index < -0.39 is 5.97 Å². The van der Waals surface area contributed by atoms with Crippen LogP contribution in [0, 0.1) is 0 Å². The number of hydrogen-bond donors (Lipinski definition) is 1. The predicted molar refractivity (Wildman–Crippen MR) is 54.8 cm³/mol. The molecule has 0 atom stereocenters. The Kier molecular flexibility index (Phi) is 4.66. The first-order valence-corrected chi connectivity index (χ1v) is 5.02. The van der Waals surface area contributed by atoms with E-state index in [1.54, 1.807) is 17.1 Å². The molecule has 0 saturated carbocycles. The minimum Gasteiger partial charge on any atom is -0.490 e. The maximum Gasteiger partial charge on any atom is 0.303 e. The van der Waals surface area contributed by atoms with Gasteiger partial charge in [-0.15, -0.1) is 0 Å². The second-order valence-corrected chi connectivity index (χ2v) is 3.40. The molecule has 0 radical (unpaired) electrons. The Labute approximate surface area is 88.7 Å². The van der Waals surface area contributed by atoms with Gasteiger partial charge in [0.1, 0.15) is 0 Å². The van der Waals surface area contributed by atoms with Gasteiger partial charge in [0.2, 0.25) is 0 Å². The van der Waals surface area contributed by atoms with Crippen molar-refractivity contribution in [2.75, 3.05) is 6.61 Å². The van der Waals surface area contributed by atoms with Crippen molar-refractivity contribution in [3.63, 3.8) is 0 Å². The van der Waals surface area contributed by atoms with Crippen LogP contribution in [0.3, 0.4) is 0 Å². The van der Waals surface area contributed by atoms with Crippen LogP contribution in [0.15, 0.2) is 12.4 Å². The fourth-order valence-corrected chi connectivity index (χ4v) is 1.22. The Morgan fingerprint density at radius 3 is 2.93 bits per heavy atom. The fourth-order valence-electron chi connectivity index (χ4n) is 1.22. The molecule has 1 aromatic rings. The van der Waals surface area contributed by atoms with Crippen molar-refractivity contribution in [3.8, 4) is 5.75 Å². The number of nitrogens with zero attached hydrogens (tertiary/aromatic N) is 2. The lowest BCUT2D eigenvalue weighted by atomic mass is 10.2. The molecule has 0 aromatic carbocycles. The van der Waals surface area contributed by atoms with E-state index in [9.17, 15) is 4.79 Å². The lowest BCUT2D eigenvalue weighted by Gasteiger charge is -2.01. The van der Waals surface area contributed by atoms with Gasteiger partial charge in [0.25, 0.3) is 0 Å². The van der Waals surface area contributed by atoms with E-state index in [1.165, 1.54) is 0 Å². The Balaban J connectivity index is 2.00. The lowest BCUT2D eigenvalue weighted by Crippen LogP contribution is -1.98. The van der Waals surface area contributed by atoms with Gasteiger partial charge in [-0.25, -0.2) is 0 Å². The van der Waals surface area contributed by atoms with Gasteiger partial charge in [0.05, 0.1) is 19.0 Å². The van der Waals surface area contributed by atoms with Crippen LogP contribution in [0.4, 0.5) is 0 Å². The monoisotopic (exact) mass is 212 g/mol.